The van der Waals surface area contributed by atoms with Gasteiger partial charge in [0.2, 0.25) is 0 Å². The third kappa shape index (κ3) is 1.89. The van der Waals surface area contributed by atoms with Crippen molar-refractivity contribution in [3.05, 3.63) is 34.9 Å². The highest BCUT2D eigenvalue weighted by molar-refractivity contribution is 5.78. The maximum absolute atomic E-state index is 11.3. The van der Waals surface area contributed by atoms with Crippen molar-refractivity contribution >= 4 is 5.97 Å². The van der Waals surface area contributed by atoms with Gasteiger partial charge < -0.3 is 5.11 Å². The van der Waals surface area contributed by atoms with Crippen LogP contribution in [0.3, 0.4) is 0 Å². The average Bonchev–Trinajstić information content (AvgIpc) is 2.94. The van der Waals surface area contributed by atoms with E-state index in [1.807, 2.05) is 32.0 Å². The molecule has 1 aliphatic rings. The molecule has 0 radical (unpaired) electrons. The summed E-state index contributed by atoms with van der Waals surface area (Å²) in [5.41, 5.74) is 3.25. The van der Waals surface area contributed by atoms with E-state index in [0.717, 1.165) is 29.5 Å². The minimum absolute atomic E-state index is 0.286. The Hall–Kier alpha value is -1.31. The summed E-state index contributed by atoms with van der Waals surface area (Å²) in [5, 5.41) is 9.29. The van der Waals surface area contributed by atoms with Gasteiger partial charge in [-0.25, -0.2) is 0 Å². The number of benzene rings is 1. The summed E-state index contributed by atoms with van der Waals surface area (Å²) in [7, 11) is 0. The van der Waals surface area contributed by atoms with Crippen molar-refractivity contribution in [2.45, 2.75) is 32.6 Å². The molecule has 1 N–H and O–H groups in total. The van der Waals surface area contributed by atoms with Crippen molar-refractivity contribution in [3.63, 3.8) is 0 Å². The number of carboxylic acid groups (broad SMARTS) is 1. The minimum Gasteiger partial charge on any atom is -0.481 e. The number of aryl methyl sites for hydroxylation is 2. The van der Waals surface area contributed by atoms with Gasteiger partial charge in [-0.15, -0.1) is 0 Å². The molecule has 2 rings (SSSR count). The van der Waals surface area contributed by atoms with Crippen LogP contribution in [0.4, 0.5) is 0 Å². The number of hydrogen-bond donors (Lipinski definition) is 1. The first-order chi connectivity index (χ1) is 7.11. The molecule has 2 heteroatoms. The second-order valence-electron chi connectivity index (χ2n) is 4.46. The van der Waals surface area contributed by atoms with Gasteiger partial charge >= 0.3 is 5.97 Å². The Morgan fingerprint density at radius 2 is 1.87 bits per heavy atom. The molecular weight excluding hydrogens is 188 g/mol. The van der Waals surface area contributed by atoms with Crippen LogP contribution in [0.2, 0.25) is 0 Å². The highest BCUT2D eigenvalue weighted by atomic mass is 16.4. The molecule has 0 heterocycles. The number of carbonyl (C=O) groups is 1. The van der Waals surface area contributed by atoms with Crippen LogP contribution < -0.4 is 0 Å². The summed E-state index contributed by atoms with van der Waals surface area (Å²) in [6, 6.07) is 5.99. The van der Waals surface area contributed by atoms with E-state index in [2.05, 4.69) is 0 Å². The van der Waals surface area contributed by atoms with Crippen molar-refractivity contribution < 1.29 is 9.90 Å². The molecule has 1 aromatic carbocycles. The van der Waals surface area contributed by atoms with E-state index >= 15 is 0 Å². The maximum atomic E-state index is 11.3. The van der Waals surface area contributed by atoms with E-state index in [9.17, 15) is 9.90 Å². The van der Waals surface area contributed by atoms with Crippen LogP contribution >= 0.6 is 0 Å². The number of carboxylic acids is 1. The molecule has 0 spiro atoms. The lowest BCUT2D eigenvalue weighted by Crippen LogP contribution is -2.16. The van der Waals surface area contributed by atoms with Gasteiger partial charge in [0.15, 0.2) is 0 Å². The van der Waals surface area contributed by atoms with Crippen LogP contribution in [-0.2, 0) is 4.79 Å². The number of rotatable bonds is 3. The molecule has 1 aromatic rings. The minimum atomic E-state index is -0.671. The molecule has 0 aliphatic heterocycles. The summed E-state index contributed by atoms with van der Waals surface area (Å²) in [6.45, 7) is 4.00. The number of hydrogen-bond acceptors (Lipinski definition) is 1. The Morgan fingerprint density at radius 3 is 2.27 bits per heavy atom. The molecule has 0 bridgehead atoms. The van der Waals surface area contributed by atoms with Gasteiger partial charge in [-0.05, 0) is 49.3 Å². The van der Waals surface area contributed by atoms with Crippen LogP contribution in [0.15, 0.2) is 18.2 Å². The Labute approximate surface area is 89.9 Å². The second kappa shape index (κ2) is 3.69. The van der Waals surface area contributed by atoms with E-state index in [0.29, 0.717) is 5.92 Å². The fourth-order valence-electron chi connectivity index (χ4n) is 2.31. The summed E-state index contributed by atoms with van der Waals surface area (Å²) in [6.07, 6.45) is 2.12. The lowest BCUT2D eigenvalue weighted by atomic mass is 9.87. The zero-order chi connectivity index (χ0) is 11.0. The van der Waals surface area contributed by atoms with E-state index in [1.54, 1.807) is 0 Å². The standard InChI is InChI=1S/C13H16O2/c1-8-4-3-5-9(2)11(8)12(13(14)15)10-6-7-10/h3-5,10,12H,6-7H2,1-2H3,(H,14,15). The summed E-state index contributed by atoms with van der Waals surface area (Å²) in [5.74, 6) is -0.594. The molecule has 2 nitrogen and oxygen atoms in total. The quantitative estimate of drug-likeness (QED) is 0.822. The average molecular weight is 204 g/mol. The number of aliphatic carboxylic acids is 1. The van der Waals surface area contributed by atoms with E-state index in [1.165, 1.54) is 0 Å². The van der Waals surface area contributed by atoms with Crippen LogP contribution in [0.5, 0.6) is 0 Å². The van der Waals surface area contributed by atoms with Crippen molar-refractivity contribution in [3.8, 4) is 0 Å². The first kappa shape index (κ1) is 10.2. The smallest absolute Gasteiger partial charge is 0.311 e. The molecule has 0 saturated heterocycles. The third-order valence-electron chi connectivity index (χ3n) is 3.21. The second-order valence-corrected chi connectivity index (χ2v) is 4.46. The van der Waals surface area contributed by atoms with Crippen LogP contribution in [0.25, 0.3) is 0 Å². The van der Waals surface area contributed by atoms with Crippen molar-refractivity contribution in [1.82, 2.24) is 0 Å². The first-order valence-electron chi connectivity index (χ1n) is 5.40. The Bertz CT molecular complexity index is 371. The topological polar surface area (TPSA) is 37.3 Å². The largest absolute Gasteiger partial charge is 0.481 e. The van der Waals surface area contributed by atoms with Gasteiger partial charge in [-0.3, -0.25) is 4.79 Å². The maximum Gasteiger partial charge on any atom is 0.311 e. The van der Waals surface area contributed by atoms with Gasteiger partial charge in [-0.2, -0.15) is 0 Å². The van der Waals surface area contributed by atoms with Gasteiger partial charge in [0.05, 0.1) is 5.92 Å². The fraction of sp³-hybridized carbons (Fsp3) is 0.462. The Morgan fingerprint density at radius 1 is 1.33 bits per heavy atom. The lowest BCUT2D eigenvalue weighted by Gasteiger charge is -2.17. The highest BCUT2D eigenvalue weighted by Gasteiger charge is 2.38. The van der Waals surface area contributed by atoms with E-state index < -0.39 is 5.97 Å². The normalized spacial score (nSPS) is 17.5. The van der Waals surface area contributed by atoms with E-state index in [-0.39, 0.29) is 5.92 Å². The van der Waals surface area contributed by atoms with Gasteiger partial charge in [0.25, 0.3) is 0 Å². The van der Waals surface area contributed by atoms with Crippen LogP contribution in [-0.4, -0.2) is 11.1 Å². The Kier molecular flexibility index (Phi) is 2.51. The fourth-order valence-corrected chi connectivity index (χ4v) is 2.31. The molecule has 15 heavy (non-hydrogen) atoms. The lowest BCUT2D eigenvalue weighted by molar-refractivity contribution is -0.139. The molecule has 80 valence electrons. The predicted molar refractivity (Wildman–Crippen MR) is 59.0 cm³/mol. The van der Waals surface area contributed by atoms with Crippen LogP contribution in [0.1, 0.15) is 35.4 Å². The highest BCUT2D eigenvalue weighted by Crippen LogP contribution is 2.44. The summed E-state index contributed by atoms with van der Waals surface area (Å²) in [4.78, 5) is 11.3. The molecule has 0 amide bonds. The van der Waals surface area contributed by atoms with E-state index in [4.69, 9.17) is 0 Å². The van der Waals surface area contributed by atoms with Crippen LogP contribution in [0, 0.1) is 19.8 Å². The molecule has 1 saturated carbocycles. The molecule has 1 atom stereocenters. The van der Waals surface area contributed by atoms with Crippen molar-refractivity contribution in [2.75, 3.05) is 0 Å². The molecule has 1 unspecified atom stereocenters. The zero-order valence-corrected chi connectivity index (χ0v) is 9.16. The van der Waals surface area contributed by atoms with Gasteiger partial charge in [0, 0.05) is 0 Å². The zero-order valence-electron chi connectivity index (χ0n) is 9.16. The summed E-state index contributed by atoms with van der Waals surface area (Å²) >= 11 is 0. The monoisotopic (exact) mass is 204 g/mol. The SMILES string of the molecule is Cc1cccc(C)c1C(C(=O)O)C1CC1. The van der Waals surface area contributed by atoms with Gasteiger partial charge in [-0.1, -0.05) is 18.2 Å². The Balaban J connectivity index is 2.45. The first-order valence-corrected chi connectivity index (χ1v) is 5.40. The molecule has 1 aliphatic carbocycles. The molecular formula is C13H16O2. The van der Waals surface area contributed by atoms with Crippen molar-refractivity contribution in [2.24, 2.45) is 5.92 Å². The molecule has 0 aromatic heterocycles. The molecule has 1 fully saturated rings. The third-order valence-corrected chi connectivity index (χ3v) is 3.21. The summed E-state index contributed by atoms with van der Waals surface area (Å²) < 4.78 is 0. The van der Waals surface area contributed by atoms with Crippen molar-refractivity contribution in [1.29, 1.82) is 0 Å². The van der Waals surface area contributed by atoms with Gasteiger partial charge in [0.1, 0.15) is 0 Å². The predicted octanol–water partition coefficient (Wildman–Crippen LogP) is 2.88.